The predicted molar refractivity (Wildman–Crippen MR) is 77.6 cm³/mol. The van der Waals surface area contributed by atoms with Crippen LogP contribution in [0.4, 0.5) is 0 Å². The summed E-state index contributed by atoms with van der Waals surface area (Å²) in [5.41, 5.74) is 7.58. The maximum absolute atomic E-state index is 11.9. The second kappa shape index (κ2) is 6.29. The highest BCUT2D eigenvalue weighted by Crippen LogP contribution is 2.09. The van der Waals surface area contributed by atoms with E-state index in [1.807, 2.05) is 24.3 Å². The molecule has 6 heteroatoms. The number of benzene rings is 1. The van der Waals surface area contributed by atoms with Crippen LogP contribution < -0.4 is 11.1 Å². The van der Waals surface area contributed by atoms with Gasteiger partial charge in [0.05, 0.1) is 0 Å². The van der Waals surface area contributed by atoms with Crippen molar-refractivity contribution in [3.63, 3.8) is 0 Å². The number of hydrogen-bond donors (Lipinski definition) is 2. The van der Waals surface area contributed by atoms with Crippen LogP contribution in [0.2, 0.25) is 0 Å². The van der Waals surface area contributed by atoms with Crippen LogP contribution >= 0.6 is 11.3 Å². The van der Waals surface area contributed by atoms with Crippen LogP contribution in [0, 0.1) is 0 Å². The first-order chi connectivity index (χ1) is 9.60. The highest BCUT2D eigenvalue weighted by Gasteiger charge is 2.12. The van der Waals surface area contributed by atoms with Gasteiger partial charge in [0.1, 0.15) is 5.69 Å². The molecule has 1 aromatic carbocycles. The first-order valence-electron chi connectivity index (χ1n) is 6.21. The number of nitrogens with two attached hydrogens (primary N) is 1. The van der Waals surface area contributed by atoms with Gasteiger partial charge in [-0.05, 0) is 17.5 Å². The minimum Gasteiger partial charge on any atom is -0.364 e. The zero-order chi connectivity index (χ0) is 14.5. The van der Waals surface area contributed by atoms with Crippen molar-refractivity contribution >= 4 is 23.2 Å². The molecular formula is C14H15N3O2S. The molecule has 0 fully saturated rings. The highest BCUT2D eigenvalue weighted by molar-refractivity contribution is 7.11. The maximum atomic E-state index is 11.9. The van der Waals surface area contributed by atoms with Crippen LogP contribution in [-0.4, -0.2) is 16.8 Å². The van der Waals surface area contributed by atoms with E-state index in [0.717, 1.165) is 23.3 Å². The second-order valence-electron chi connectivity index (χ2n) is 4.25. The first kappa shape index (κ1) is 14.2. The van der Waals surface area contributed by atoms with Crippen molar-refractivity contribution in [3.05, 3.63) is 51.5 Å². The molecule has 0 unspecified atom stereocenters. The van der Waals surface area contributed by atoms with E-state index in [9.17, 15) is 9.59 Å². The summed E-state index contributed by atoms with van der Waals surface area (Å²) in [6, 6.07) is 8.04. The van der Waals surface area contributed by atoms with Crippen molar-refractivity contribution in [1.29, 1.82) is 0 Å². The molecule has 0 saturated carbocycles. The summed E-state index contributed by atoms with van der Waals surface area (Å²) in [7, 11) is 0. The summed E-state index contributed by atoms with van der Waals surface area (Å²) in [6.07, 6.45) is 0.987. The Labute approximate surface area is 120 Å². The van der Waals surface area contributed by atoms with E-state index in [1.165, 1.54) is 10.9 Å². The minimum absolute atomic E-state index is 0.141. The molecule has 0 aliphatic heterocycles. The SMILES string of the molecule is CCc1ccc(CNC(=O)c2csc(C(N)=O)n2)cc1. The van der Waals surface area contributed by atoms with E-state index in [2.05, 4.69) is 17.2 Å². The summed E-state index contributed by atoms with van der Waals surface area (Å²) in [5.74, 6) is -0.933. The van der Waals surface area contributed by atoms with Crippen molar-refractivity contribution in [3.8, 4) is 0 Å². The van der Waals surface area contributed by atoms with Crippen molar-refractivity contribution in [2.75, 3.05) is 0 Å². The topological polar surface area (TPSA) is 85.1 Å². The number of primary amides is 1. The molecule has 1 aromatic heterocycles. The van der Waals surface area contributed by atoms with Crippen molar-refractivity contribution < 1.29 is 9.59 Å². The molecule has 0 bridgehead atoms. The van der Waals surface area contributed by atoms with E-state index in [4.69, 9.17) is 5.73 Å². The summed E-state index contributed by atoms with van der Waals surface area (Å²) in [5, 5.41) is 4.42. The van der Waals surface area contributed by atoms with E-state index in [1.54, 1.807) is 0 Å². The van der Waals surface area contributed by atoms with E-state index >= 15 is 0 Å². The Morgan fingerprint density at radius 1 is 1.25 bits per heavy atom. The van der Waals surface area contributed by atoms with Gasteiger partial charge in [-0.2, -0.15) is 0 Å². The van der Waals surface area contributed by atoms with Crippen LogP contribution in [0.5, 0.6) is 0 Å². The number of carbonyl (C=O) groups excluding carboxylic acids is 2. The fourth-order valence-corrected chi connectivity index (χ4v) is 2.31. The number of nitrogens with zero attached hydrogens (tertiary/aromatic N) is 1. The van der Waals surface area contributed by atoms with E-state index in [0.29, 0.717) is 6.54 Å². The van der Waals surface area contributed by atoms with Gasteiger partial charge in [-0.3, -0.25) is 9.59 Å². The third-order valence-corrected chi connectivity index (χ3v) is 3.69. The number of rotatable bonds is 5. The third-order valence-electron chi connectivity index (χ3n) is 2.83. The molecule has 2 rings (SSSR count). The second-order valence-corrected chi connectivity index (χ2v) is 5.11. The number of carbonyl (C=O) groups is 2. The normalized spacial score (nSPS) is 10.2. The largest absolute Gasteiger partial charge is 0.364 e. The molecule has 0 atom stereocenters. The van der Waals surface area contributed by atoms with Crippen LogP contribution in [0.1, 0.15) is 38.3 Å². The van der Waals surface area contributed by atoms with Crippen molar-refractivity contribution in [2.24, 2.45) is 5.73 Å². The molecular weight excluding hydrogens is 274 g/mol. The summed E-state index contributed by atoms with van der Waals surface area (Å²) in [4.78, 5) is 26.7. The Balaban J connectivity index is 1.95. The van der Waals surface area contributed by atoms with E-state index in [-0.39, 0.29) is 16.6 Å². The quantitative estimate of drug-likeness (QED) is 0.879. The number of aryl methyl sites for hydroxylation is 1. The zero-order valence-corrected chi connectivity index (χ0v) is 11.9. The molecule has 0 radical (unpaired) electrons. The van der Waals surface area contributed by atoms with Crippen LogP contribution in [0.25, 0.3) is 0 Å². The average molecular weight is 289 g/mol. The van der Waals surface area contributed by atoms with Gasteiger partial charge in [0.2, 0.25) is 0 Å². The smallest absolute Gasteiger partial charge is 0.277 e. The minimum atomic E-state index is -0.621. The van der Waals surface area contributed by atoms with Crippen LogP contribution in [0.15, 0.2) is 29.6 Å². The molecule has 5 nitrogen and oxygen atoms in total. The van der Waals surface area contributed by atoms with Crippen LogP contribution in [0.3, 0.4) is 0 Å². The molecule has 20 heavy (non-hydrogen) atoms. The Kier molecular flexibility index (Phi) is 4.47. The molecule has 0 saturated heterocycles. The Morgan fingerprint density at radius 2 is 1.90 bits per heavy atom. The Hall–Kier alpha value is -2.21. The molecule has 2 aromatic rings. The number of thiazole rings is 1. The molecule has 104 valence electrons. The third kappa shape index (κ3) is 3.42. The van der Waals surface area contributed by atoms with Gasteiger partial charge in [0.25, 0.3) is 11.8 Å². The Morgan fingerprint density at radius 3 is 2.45 bits per heavy atom. The van der Waals surface area contributed by atoms with Gasteiger partial charge in [-0.15, -0.1) is 11.3 Å². The number of amides is 2. The fraction of sp³-hybridized carbons (Fsp3) is 0.214. The molecule has 0 spiro atoms. The molecule has 0 aliphatic rings. The maximum Gasteiger partial charge on any atom is 0.277 e. The first-order valence-corrected chi connectivity index (χ1v) is 7.09. The van der Waals surface area contributed by atoms with E-state index < -0.39 is 5.91 Å². The molecule has 3 N–H and O–H groups in total. The highest BCUT2D eigenvalue weighted by atomic mass is 32.1. The lowest BCUT2D eigenvalue weighted by Crippen LogP contribution is -2.23. The standard InChI is InChI=1S/C14H15N3O2S/c1-2-9-3-5-10(6-4-9)7-16-13(19)11-8-20-14(17-11)12(15)18/h3-6,8H,2,7H2,1H3,(H2,15,18)(H,16,19). The van der Waals surface area contributed by atoms with Gasteiger partial charge in [-0.25, -0.2) is 4.98 Å². The van der Waals surface area contributed by atoms with Crippen molar-refractivity contribution in [1.82, 2.24) is 10.3 Å². The van der Waals surface area contributed by atoms with Gasteiger partial charge in [0.15, 0.2) is 5.01 Å². The van der Waals surface area contributed by atoms with Crippen LogP contribution in [-0.2, 0) is 13.0 Å². The molecule has 1 heterocycles. The molecule has 2 amide bonds. The monoisotopic (exact) mass is 289 g/mol. The number of hydrogen-bond acceptors (Lipinski definition) is 4. The van der Waals surface area contributed by atoms with Crippen molar-refractivity contribution in [2.45, 2.75) is 19.9 Å². The zero-order valence-electron chi connectivity index (χ0n) is 11.1. The Bertz CT molecular complexity index is 620. The number of nitrogens with one attached hydrogen (secondary N) is 1. The van der Waals surface area contributed by atoms with Gasteiger partial charge in [0, 0.05) is 11.9 Å². The fourth-order valence-electron chi connectivity index (χ4n) is 1.66. The lowest BCUT2D eigenvalue weighted by molar-refractivity contribution is 0.0946. The predicted octanol–water partition coefficient (Wildman–Crippen LogP) is 1.73. The lowest BCUT2D eigenvalue weighted by Gasteiger charge is -2.04. The average Bonchev–Trinajstić information content (AvgIpc) is 2.95. The summed E-state index contributed by atoms with van der Waals surface area (Å²) in [6.45, 7) is 2.52. The molecule has 0 aliphatic carbocycles. The number of aromatic nitrogens is 1. The summed E-state index contributed by atoms with van der Waals surface area (Å²) < 4.78 is 0. The van der Waals surface area contributed by atoms with Gasteiger partial charge >= 0.3 is 0 Å². The summed E-state index contributed by atoms with van der Waals surface area (Å²) >= 11 is 1.07. The lowest BCUT2D eigenvalue weighted by atomic mass is 10.1. The van der Waals surface area contributed by atoms with Gasteiger partial charge in [-0.1, -0.05) is 31.2 Å². The van der Waals surface area contributed by atoms with Gasteiger partial charge < -0.3 is 11.1 Å².